The summed E-state index contributed by atoms with van der Waals surface area (Å²) in [4.78, 5) is 10.8. The van der Waals surface area contributed by atoms with Crippen molar-refractivity contribution in [1.82, 2.24) is 0 Å². The van der Waals surface area contributed by atoms with Crippen molar-refractivity contribution in [3.63, 3.8) is 0 Å². The second kappa shape index (κ2) is 4.74. The summed E-state index contributed by atoms with van der Waals surface area (Å²) in [6.45, 7) is -0.510. The lowest BCUT2D eigenvalue weighted by Gasteiger charge is -2.08. The minimum Gasteiger partial charge on any atom is -0.389 e. The molecule has 13 heavy (non-hydrogen) atoms. The minimum absolute atomic E-state index is 0.0273. The Bertz CT molecular complexity index is 269. The molecule has 1 aromatic carbocycles. The molecule has 0 saturated carbocycles. The molecule has 0 aliphatic heterocycles. The van der Waals surface area contributed by atoms with Crippen molar-refractivity contribution in [1.29, 1.82) is 0 Å². The standard InChI is InChI=1S/C10H12O3/c11-7-9(12)6-10(13)8-4-2-1-3-5-8/h1-5,10-11,13H,6-7H2. The van der Waals surface area contributed by atoms with E-state index in [4.69, 9.17) is 5.11 Å². The van der Waals surface area contributed by atoms with E-state index in [1.165, 1.54) is 0 Å². The van der Waals surface area contributed by atoms with E-state index in [1.54, 1.807) is 24.3 Å². The molecule has 0 aliphatic carbocycles. The number of ketones is 1. The first kappa shape index (κ1) is 9.89. The van der Waals surface area contributed by atoms with Gasteiger partial charge in [0.1, 0.15) is 6.61 Å². The van der Waals surface area contributed by atoms with Gasteiger partial charge in [0, 0.05) is 6.42 Å². The molecule has 0 bridgehead atoms. The second-order valence-corrected chi connectivity index (χ2v) is 2.83. The van der Waals surface area contributed by atoms with Crippen LogP contribution in [0.5, 0.6) is 0 Å². The summed E-state index contributed by atoms with van der Waals surface area (Å²) in [7, 11) is 0. The van der Waals surface area contributed by atoms with Gasteiger partial charge in [-0.2, -0.15) is 0 Å². The van der Waals surface area contributed by atoms with E-state index >= 15 is 0 Å². The Labute approximate surface area is 76.6 Å². The van der Waals surface area contributed by atoms with Gasteiger partial charge in [-0.05, 0) is 5.56 Å². The highest BCUT2D eigenvalue weighted by atomic mass is 16.3. The van der Waals surface area contributed by atoms with E-state index in [9.17, 15) is 9.90 Å². The van der Waals surface area contributed by atoms with Crippen LogP contribution < -0.4 is 0 Å². The summed E-state index contributed by atoms with van der Waals surface area (Å²) >= 11 is 0. The first-order valence-electron chi connectivity index (χ1n) is 4.09. The molecular formula is C10H12O3. The Morgan fingerprint density at radius 3 is 2.46 bits per heavy atom. The van der Waals surface area contributed by atoms with Crippen molar-refractivity contribution in [3.05, 3.63) is 35.9 Å². The maximum absolute atomic E-state index is 10.8. The number of carbonyl (C=O) groups is 1. The molecule has 3 heteroatoms. The highest BCUT2D eigenvalue weighted by Crippen LogP contribution is 2.15. The lowest BCUT2D eigenvalue weighted by Crippen LogP contribution is -2.09. The molecule has 0 aliphatic rings. The van der Waals surface area contributed by atoms with E-state index in [-0.39, 0.29) is 12.2 Å². The number of hydrogen-bond donors (Lipinski definition) is 2. The number of aliphatic hydroxyl groups excluding tert-OH is 2. The topological polar surface area (TPSA) is 57.5 Å². The van der Waals surface area contributed by atoms with Crippen molar-refractivity contribution >= 4 is 5.78 Å². The summed E-state index contributed by atoms with van der Waals surface area (Å²) in [5.41, 5.74) is 0.698. The third kappa shape index (κ3) is 2.97. The monoisotopic (exact) mass is 180 g/mol. The van der Waals surface area contributed by atoms with E-state index in [1.807, 2.05) is 6.07 Å². The molecule has 1 rings (SSSR count). The van der Waals surface area contributed by atoms with Crippen LogP contribution in [0, 0.1) is 0 Å². The van der Waals surface area contributed by atoms with Gasteiger partial charge in [0.05, 0.1) is 6.10 Å². The molecule has 0 radical (unpaired) electrons. The Hall–Kier alpha value is -1.19. The van der Waals surface area contributed by atoms with E-state index < -0.39 is 12.7 Å². The zero-order valence-corrected chi connectivity index (χ0v) is 7.18. The van der Waals surface area contributed by atoms with Crippen LogP contribution in [0.1, 0.15) is 18.1 Å². The molecule has 3 nitrogen and oxygen atoms in total. The number of carbonyl (C=O) groups excluding carboxylic acids is 1. The average molecular weight is 180 g/mol. The Morgan fingerprint density at radius 2 is 1.92 bits per heavy atom. The molecule has 1 atom stereocenters. The van der Waals surface area contributed by atoms with Crippen molar-refractivity contribution in [2.45, 2.75) is 12.5 Å². The third-order valence-electron chi connectivity index (χ3n) is 1.78. The molecule has 0 spiro atoms. The quantitative estimate of drug-likeness (QED) is 0.716. The van der Waals surface area contributed by atoms with Crippen molar-refractivity contribution in [2.75, 3.05) is 6.61 Å². The van der Waals surface area contributed by atoms with Crippen molar-refractivity contribution in [2.24, 2.45) is 0 Å². The molecule has 70 valence electrons. The predicted octanol–water partition coefficient (Wildman–Crippen LogP) is 0.671. The summed E-state index contributed by atoms with van der Waals surface area (Å²) in [5, 5.41) is 18.0. The summed E-state index contributed by atoms with van der Waals surface area (Å²) in [6, 6.07) is 8.92. The van der Waals surface area contributed by atoms with Crippen molar-refractivity contribution < 1.29 is 15.0 Å². The minimum atomic E-state index is -0.805. The van der Waals surface area contributed by atoms with Crippen LogP contribution in [-0.2, 0) is 4.79 Å². The van der Waals surface area contributed by atoms with E-state index in [0.29, 0.717) is 5.56 Å². The summed E-state index contributed by atoms with van der Waals surface area (Å²) in [6.07, 6.45) is -0.832. The van der Waals surface area contributed by atoms with Crippen LogP contribution >= 0.6 is 0 Å². The Kier molecular flexibility index (Phi) is 3.61. The third-order valence-corrected chi connectivity index (χ3v) is 1.78. The average Bonchev–Trinajstić information content (AvgIpc) is 2.19. The highest BCUT2D eigenvalue weighted by Gasteiger charge is 2.11. The molecule has 0 aromatic heterocycles. The van der Waals surface area contributed by atoms with Gasteiger partial charge in [0.25, 0.3) is 0 Å². The van der Waals surface area contributed by atoms with Gasteiger partial charge in [-0.1, -0.05) is 30.3 Å². The number of rotatable bonds is 4. The van der Waals surface area contributed by atoms with Gasteiger partial charge in [0.15, 0.2) is 5.78 Å². The maximum atomic E-state index is 10.8. The first-order valence-corrected chi connectivity index (χ1v) is 4.09. The van der Waals surface area contributed by atoms with Gasteiger partial charge in [0.2, 0.25) is 0 Å². The van der Waals surface area contributed by atoms with Crippen LogP contribution in [0.25, 0.3) is 0 Å². The fourth-order valence-corrected chi connectivity index (χ4v) is 1.07. The molecular weight excluding hydrogens is 168 g/mol. The lowest BCUT2D eigenvalue weighted by molar-refractivity contribution is -0.123. The highest BCUT2D eigenvalue weighted by molar-refractivity contribution is 5.79. The van der Waals surface area contributed by atoms with Crippen LogP contribution in [-0.4, -0.2) is 22.6 Å². The van der Waals surface area contributed by atoms with Crippen LogP contribution in [0.3, 0.4) is 0 Å². The van der Waals surface area contributed by atoms with Crippen LogP contribution in [0.2, 0.25) is 0 Å². The number of Topliss-reactive ketones (excluding diaryl/α,β-unsaturated/α-hetero) is 1. The second-order valence-electron chi connectivity index (χ2n) is 2.83. The lowest BCUT2D eigenvalue weighted by atomic mass is 10.1. The molecule has 0 saturated heterocycles. The Morgan fingerprint density at radius 1 is 1.31 bits per heavy atom. The van der Waals surface area contributed by atoms with E-state index in [2.05, 4.69) is 0 Å². The zero-order valence-electron chi connectivity index (χ0n) is 7.18. The predicted molar refractivity (Wildman–Crippen MR) is 48.1 cm³/mol. The van der Waals surface area contributed by atoms with Crippen LogP contribution in [0.15, 0.2) is 30.3 Å². The molecule has 0 fully saturated rings. The smallest absolute Gasteiger partial charge is 0.161 e. The molecule has 1 aromatic rings. The largest absolute Gasteiger partial charge is 0.389 e. The summed E-state index contributed by atoms with van der Waals surface area (Å²) < 4.78 is 0. The van der Waals surface area contributed by atoms with Gasteiger partial charge in [-0.15, -0.1) is 0 Å². The zero-order chi connectivity index (χ0) is 9.68. The van der Waals surface area contributed by atoms with Gasteiger partial charge in [-0.25, -0.2) is 0 Å². The van der Waals surface area contributed by atoms with E-state index in [0.717, 1.165) is 0 Å². The number of hydrogen-bond acceptors (Lipinski definition) is 3. The van der Waals surface area contributed by atoms with Crippen molar-refractivity contribution in [3.8, 4) is 0 Å². The van der Waals surface area contributed by atoms with Gasteiger partial charge >= 0.3 is 0 Å². The fraction of sp³-hybridized carbons (Fsp3) is 0.300. The first-order chi connectivity index (χ1) is 6.24. The molecule has 0 amide bonds. The number of benzene rings is 1. The van der Waals surface area contributed by atoms with Crippen LogP contribution in [0.4, 0.5) is 0 Å². The molecule has 0 heterocycles. The Balaban J connectivity index is 2.59. The van der Waals surface area contributed by atoms with Gasteiger partial charge < -0.3 is 10.2 Å². The SMILES string of the molecule is O=C(CO)CC(O)c1ccccc1. The summed E-state index contributed by atoms with van der Waals surface area (Å²) in [5.74, 6) is -0.351. The molecule has 1 unspecified atom stereocenters. The maximum Gasteiger partial charge on any atom is 0.161 e. The fourth-order valence-electron chi connectivity index (χ4n) is 1.07. The van der Waals surface area contributed by atoms with Gasteiger partial charge in [-0.3, -0.25) is 4.79 Å². The number of aliphatic hydroxyl groups is 2. The normalized spacial score (nSPS) is 12.5. The molecule has 2 N–H and O–H groups in total.